The number of sulfonamides is 1. The minimum atomic E-state index is -3.87. The Hall–Kier alpha value is -4.18. The Morgan fingerprint density at radius 3 is 2.06 bits per heavy atom. The van der Waals surface area contributed by atoms with E-state index in [1.54, 1.807) is 30.3 Å². The van der Waals surface area contributed by atoms with E-state index in [2.05, 4.69) is 10.0 Å². The Balaban J connectivity index is 1.72. The van der Waals surface area contributed by atoms with Gasteiger partial charge in [0.2, 0.25) is 11.7 Å². The van der Waals surface area contributed by atoms with Gasteiger partial charge in [-0.15, -0.1) is 0 Å². The van der Waals surface area contributed by atoms with E-state index in [0.29, 0.717) is 39.9 Å². The Bertz CT molecular complexity index is 1370. The van der Waals surface area contributed by atoms with Crippen LogP contribution in [0.5, 0.6) is 23.0 Å². The number of benzene rings is 3. The zero-order valence-electron chi connectivity index (χ0n) is 20.6. The van der Waals surface area contributed by atoms with Crippen molar-refractivity contribution < 1.29 is 32.2 Å². The molecule has 190 valence electrons. The molecule has 0 aliphatic carbocycles. The van der Waals surface area contributed by atoms with Gasteiger partial charge in [-0.2, -0.15) is 0 Å². The third-order valence-corrected chi connectivity index (χ3v) is 6.56. The smallest absolute Gasteiger partial charge is 0.262 e. The van der Waals surface area contributed by atoms with Gasteiger partial charge in [-0.3, -0.25) is 9.52 Å². The highest BCUT2D eigenvalue weighted by Gasteiger charge is 2.17. The molecule has 0 heterocycles. The van der Waals surface area contributed by atoms with Gasteiger partial charge in [0.15, 0.2) is 11.5 Å². The number of nitrogens with one attached hydrogen (secondary N) is 2. The highest BCUT2D eigenvalue weighted by molar-refractivity contribution is 7.92. The second kappa shape index (κ2) is 11.5. The lowest BCUT2D eigenvalue weighted by Crippen LogP contribution is -2.14. The number of methoxy groups -OCH3 is 4. The minimum absolute atomic E-state index is 0.0367. The van der Waals surface area contributed by atoms with Gasteiger partial charge < -0.3 is 24.3 Å². The van der Waals surface area contributed by atoms with Crippen LogP contribution in [-0.4, -0.2) is 42.8 Å². The summed E-state index contributed by atoms with van der Waals surface area (Å²) in [5.74, 6) is 1.33. The van der Waals surface area contributed by atoms with Gasteiger partial charge >= 0.3 is 0 Å². The lowest BCUT2D eigenvalue weighted by molar-refractivity contribution is -0.111. The van der Waals surface area contributed by atoms with Gasteiger partial charge in [0.1, 0.15) is 5.75 Å². The number of ether oxygens (including phenoxy) is 4. The molecule has 0 saturated carbocycles. The van der Waals surface area contributed by atoms with E-state index < -0.39 is 15.9 Å². The SMILES string of the molecule is COc1ccc(C)cc1NS(=O)(=O)c1ccc(NC(=O)/C=C/c2ccc(OC)c(OC)c2OC)cc1. The Kier molecular flexibility index (Phi) is 8.44. The molecular weight excluding hydrogens is 484 g/mol. The number of aryl methyl sites for hydroxylation is 1. The van der Waals surface area contributed by atoms with Gasteiger partial charge in [0.25, 0.3) is 10.0 Å². The number of rotatable bonds is 10. The van der Waals surface area contributed by atoms with Gasteiger partial charge in [-0.25, -0.2) is 8.42 Å². The molecule has 10 heteroatoms. The van der Waals surface area contributed by atoms with Crippen molar-refractivity contribution in [1.82, 2.24) is 0 Å². The summed E-state index contributed by atoms with van der Waals surface area (Å²) in [4.78, 5) is 12.5. The summed E-state index contributed by atoms with van der Waals surface area (Å²) >= 11 is 0. The van der Waals surface area contributed by atoms with Crippen LogP contribution >= 0.6 is 0 Å². The highest BCUT2D eigenvalue weighted by Crippen LogP contribution is 2.40. The molecular formula is C26H28N2O7S. The van der Waals surface area contributed by atoms with Crippen LogP contribution in [0.1, 0.15) is 11.1 Å². The molecule has 0 unspecified atom stereocenters. The van der Waals surface area contributed by atoms with Crippen molar-refractivity contribution in [3.8, 4) is 23.0 Å². The number of carbonyl (C=O) groups is 1. The van der Waals surface area contributed by atoms with Crippen LogP contribution in [-0.2, 0) is 14.8 Å². The van der Waals surface area contributed by atoms with E-state index in [1.807, 2.05) is 13.0 Å². The van der Waals surface area contributed by atoms with Crippen LogP contribution in [0.25, 0.3) is 6.08 Å². The summed E-state index contributed by atoms with van der Waals surface area (Å²) in [6, 6.07) is 14.5. The van der Waals surface area contributed by atoms with E-state index in [9.17, 15) is 13.2 Å². The van der Waals surface area contributed by atoms with E-state index in [1.165, 1.54) is 58.8 Å². The molecule has 0 saturated heterocycles. The average molecular weight is 513 g/mol. The monoisotopic (exact) mass is 512 g/mol. The lowest BCUT2D eigenvalue weighted by atomic mass is 10.1. The zero-order chi connectivity index (χ0) is 26.3. The number of hydrogen-bond donors (Lipinski definition) is 2. The van der Waals surface area contributed by atoms with Crippen molar-refractivity contribution >= 4 is 33.4 Å². The van der Waals surface area contributed by atoms with E-state index in [4.69, 9.17) is 18.9 Å². The summed E-state index contributed by atoms with van der Waals surface area (Å²) in [6.45, 7) is 1.85. The molecule has 0 aromatic heterocycles. The molecule has 0 fully saturated rings. The molecule has 0 bridgehead atoms. The molecule has 0 radical (unpaired) electrons. The van der Waals surface area contributed by atoms with Gasteiger partial charge in [0, 0.05) is 17.3 Å². The summed E-state index contributed by atoms with van der Waals surface area (Å²) in [5, 5.41) is 2.70. The Labute approximate surface area is 210 Å². The lowest BCUT2D eigenvalue weighted by Gasteiger charge is -2.14. The van der Waals surface area contributed by atoms with E-state index in [0.717, 1.165) is 5.56 Å². The quantitative estimate of drug-likeness (QED) is 0.385. The first-order chi connectivity index (χ1) is 17.2. The zero-order valence-corrected chi connectivity index (χ0v) is 21.4. The van der Waals surface area contributed by atoms with Crippen LogP contribution in [0.15, 0.2) is 65.6 Å². The molecule has 0 atom stereocenters. The molecule has 36 heavy (non-hydrogen) atoms. The second-order valence-electron chi connectivity index (χ2n) is 7.58. The minimum Gasteiger partial charge on any atom is -0.495 e. The van der Waals surface area contributed by atoms with Crippen LogP contribution in [0.3, 0.4) is 0 Å². The largest absolute Gasteiger partial charge is 0.495 e. The van der Waals surface area contributed by atoms with Crippen molar-refractivity contribution in [2.45, 2.75) is 11.8 Å². The number of anilines is 2. The fourth-order valence-electron chi connectivity index (χ4n) is 3.43. The predicted octanol–water partition coefficient (Wildman–Crippen LogP) is 4.48. The predicted molar refractivity (Wildman–Crippen MR) is 139 cm³/mol. The first-order valence-corrected chi connectivity index (χ1v) is 12.3. The summed E-state index contributed by atoms with van der Waals surface area (Å²) in [7, 11) is 2.11. The van der Waals surface area contributed by atoms with Crippen molar-refractivity contribution in [2.75, 3.05) is 38.5 Å². The molecule has 2 N–H and O–H groups in total. The topological polar surface area (TPSA) is 112 Å². The fraction of sp³-hybridized carbons (Fsp3) is 0.192. The maximum Gasteiger partial charge on any atom is 0.262 e. The maximum absolute atomic E-state index is 12.8. The molecule has 0 spiro atoms. The summed E-state index contributed by atoms with van der Waals surface area (Å²) in [6.07, 6.45) is 2.91. The molecule has 3 aromatic carbocycles. The fourth-order valence-corrected chi connectivity index (χ4v) is 4.49. The molecule has 9 nitrogen and oxygen atoms in total. The Morgan fingerprint density at radius 2 is 1.44 bits per heavy atom. The van der Waals surface area contributed by atoms with E-state index >= 15 is 0 Å². The number of amides is 1. The van der Waals surface area contributed by atoms with Crippen LogP contribution in [0, 0.1) is 6.92 Å². The van der Waals surface area contributed by atoms with Crippen molar-refractivity contribution in [1.29, 1.82) is 0 Å². The van der Waals surface area contributed by atoms with Gasteiger partial charge in [-0.05, 0) is 67.1 Å². The van der Waals surface area contributed by atoms with Crippen molar-refractivity contribution in [3.05, 3.63) is 71.8 Å². The summed E-state index contributed by atoms with van der Waals surface area (Å²) in [5.41, 5.74) is 2.26. The molecule has 0 aliphatic rings. The first-order valence-electron chi connectivity index (χ1n) is 10.8. The van der Waals surface area contributed by atoms with E-state index in [-0.39, 0.29) is 4.90 Å². The Morgan fingerprint density at radius 1 is 0.806 bits per heavy atom. The maximum atomic E-state index is 12.8. The van der Waals surface area contributed by atoms with Gasteiger partial charge in [0.05, 0.1) is 39.0 Å². The number of carbonyl (C=O) groups excluding carboxylic acids is 1. The molecule has 0 aliphatic heterocycles. The standard InChI is InChI=1S/C26H28N2O7S/c1-17-6-13-22(32-2)21(16-17)28-36(30,31)20-11-9-19(10-12-20)27-24(29)15-8-18-7-14-23(33-3)26(35-5)25(18)34-4/h6-16,28H,1-5H3,(H,27,29)/b15-8+. The molecule has 3 rings (SSSR count). The molecule has 3 aromatic rings. The third-order valence-electron chi connectivity index (χ3n) is 5.18. The molecule has 1 amide bonds. The second-order valence-corrected chi connectivity index (χ2v) is 9.26. The van der Waals surface area contributed by atoms with Crippen molar-refractivity contribution in [3.63, 3.8) is 0 Å². The highest BCUT2D eigenvalue weighted by atomic mass is 32.2. The van der Waals surface area contributed by atoms with Crippen molar-refractivity contribution in [2.24, 2.45) is 0 Å². The summed E-state index contributed by atoms with van der Waals surface area (Å²) < 4.78 is 49.5. The van der Waals surface area contributed by atoms with Crippen LogP contribution in [0.2, 0.25) is 0 Å². The first kappa shape index (κ1) is 26.4. The number of hydrogen-bond acceptors (Lipinski definition) is 7. The van der Waals surface area contributed by atoms with Gasteiger partial charge in [-0.1, -0.05) is 6.07 Å². The van der Waals surface area contributed by atoms with Crippen LogP contribution < -0.4 is 29.0 Å². The average Bonchev–Trinajstić information content (AvgIpc) is 2.87. The third kappa shape index (κ3) is 6.08. The van der Waals surface area contributed by atoms with Crippen LogP contribution in [0.4, 0.5) is 11.4 Å². The normalized spacial score (nSPS) is 11.1.